The number of ether oxygens (including phenoxy) is 2. The summed E-state index contributed by atoms with van der Waals surface area (Å²) in [6.07, 6.45) is 0.521. The molecule has 27 heavy (non-hydrogen) atoms. The third kappa shape index (κ3) is 6.10. The number of carbonyl (C=O) groups is 1. The quantitative estimate of drug-likeness (QED) is 0.538. The minimum absolute atomic E-state index is 0.230. The highest BCUT2D eigenvalue weighted by atomic mass is 19.3. The predicted molar refractivity (Wildman–Crippen MR) is 93.4 cm³/mol. The van der Waals surface area contributed by atoms with E-state index in [1.165, 1.54) is 0 Å². The summed E-state index contributed by atoms with van der Waals surface area (Å²) >= 11 is 0. The van der Waals surface area contributed by atoms with Crippen molar-refractivity contribution >= 4 is 17.4 Å². The first-order valence-corrected chi connectivity index (χ1v) is 7.80. The average Bonchev–Trinajstić information content (AvgIpc) is 2.63. The van der Waals surface area contributed by atoms with Crippen molar-refractivity contribution in [2.75, 3.05) is 19.0 Å². The zero-order chi connectivity index (χ0) is 19.8. The van der Waals surface area contributed by atoms with E-state index in [9.17, 15) is 23.7 Å². The zero-order valence-corrected chi connectivity index (χ0v) is 14.3. The van der Waals surface area contributed by atoms with E-state index in [0.29, 0.717) is 12.2 Å². The molecule has 10 heteroatoms. The van der Waals surface area contributed by atoms with E-state index < -0.39 is 17.6 Å². The Bertz CT molecular complexity index is 800. The van der Waals surface area contributed by atoms with Gasteiger partial charge in [0.1, 0.15) is 11.5 Å². The van der Waals surface area contributed by atoms with Gasteiger partial charge in [0.25, 0.3) is 5.69 Å². The highest BCUT2D eigenvalue weighted by Gasteiger charge is 2.16. The highest BCUT2D eigenvalue weighted by molar-refractivity contribution is 5.91. The molecule has 2 rings (SSSR count). The Labute approximate surface area is 153 Å². The maximum absolute atomic E-state index is 12.4. The van der Waals surface area contributed by atoms with Gasteiger partial charge in [0, 0.05) is 18.7 Å². The molecule has 2 N–H and O–H groups in total. The summed E-state index contributed by atoms with van der Waals surface area (Å²) < 4.78 is 34.2. The van der Waals surface area contributed by atoms with Crippen LogP contribution < -0.4 is 20.1 Å². The molecule has 0 heterocycles. The fraction of sp³-hybridized carbons (Fsp3) is 0.235. The van der Waals surface area contributed by atoms with Crippen molar-refractivity contribution in [3.05, 3.63) is 58.1 Å². The number of nitrogens with one attached hydrogen (secondary N) is 2. The lowest BCUT2D eigenvalue weighted by molar-refractivity contribution is -0.384. The van der Waals surface area contributed by atoms with Gasteiger partial charge in [0.05, 0.1) is 17.7 Å². The number of non-ortho nitro benzene ring substituents is 1. The van der Waals surface area contributed by atoms with Crippen LogP contribution in [-0.4, -0.2) is 31.2 Å². The highest BCUT2D eigenvalue weighted by Crippen LogP contribution is 2.30. The Morgan fingerprint density at radius 3 is 2.52 bits per heavy atom. The normalized spacial score (nSPS) is 10.4. The van der Waals surface area contributed by atoms with Crippen molar-refractivity contribution in [1.29, 1.82) is 0 Å². The molecule has 144 valence electrons. The zero-order valence-electron chi connectivity index (χ0n) is 14.3. The number of urea groups is 1. The molecule has 0 unspecified atom stereocenters. The van der Waals surface area contributed by atoms with Crippen LogP contribution in [0.1, 0.15) is 5.56 Å². The van der Waals surface area contributed by atoms with Crippen molar-refractivity contribution in [3.8, 4) is 11.5 Å². The van der Waals surface area contributed by atoms with E-state index in [1.54, 1.807) is 19.2 Å². The van der Waals surface area contributed by atoms with Crippen LogP contribution in [-0.2, 0) is 6.42 Å². The molecule has 0 atom stereocenters. The first kappa shape index (κ1) is 19.9. The van der Waals surface area contributed by atoms with Crippen LogP contribution in [0.2, 0.25) is 0 Å². The Hall–Kier alpha value is -3.43. The lowest BCUT2D eigenvalue weighted by Crippen LogP contribution is -2.30. The third-order valence-electron chi connectivity index (χ3n) is 3.50. The molecular weight excluding hydrogens is 364 g/mol. The van der Waals surface area contributed by atoms with Crippen LogP contribution in [0.4, 0.5) is 25.0 Å². The molecule has 0 aliphatic carbocycles. The second kappa shape index (κ2) is 9.32. The molecule has 0 aliphatic rings. The Kier molecular flexibility index (Phi) is 6.86. The molecule has 0 bridgehead atoms. The van der Waals surface area contributed by atoms with Gasteiger partial charge in [-0.1, -0.05) is 12.1 Å². The van der Waals surface area contributed by atoms with Crippen molar-refractivity contribution in [2.45, 2.75) is 13.0 Å². The summed E-state index contributed by atoms with van der Waals surface area (Å²) in [5.41, 5.74) is 0.352. The van der Waals surface area contributed by atoms with Crippen molar-refractivity contribution < 1.29 is 28.0 Å². The number of rotatable bonds is 8. The molecule has 2 amide bonds. The van der Waals surface area contributed by atoms with Gasteiger partial charge < -0.3 is 20.1 Å². The number of nitro groups is 1. The first-order valence-electron chi connectivity index (χ1n) is 7.80. The number of halogens is 2. The minimum Gasteiger partial charge on any atom is -0.497 e. The Morgan fingerprint density at radius 2 is 1.93 bits per heavy atom. The van der Waals surface area contributed by atoms with Gasteiger partial charge in [0.2, 0.25) is 0 Å². The van der Waals surface area contributed by atoms with Crippen LogP contribution in [0.25, 0.3) is 0 Å². The SMILES string of the molecule is COc1ccc(CCNC(=O)Nc2cc([N+](=O)[O-])ccc2OC(F)F)cc1. The number of hydrogen-bond acceptors (Lipinski definition) is 5. The molecule has 0 spiro atoms. The van der Waals surface area contributed by atoms with Gasteiger partial charge in [-0.25, -0.2) is 4.79 Å². The maximum Gasteiger partial charge on any atom is 0.387 e. The van der Waals surface area contributed by atoms with Gasteiger partial charge in [-0.15, -0.1) is 0 Å². The van der Waals surface area contributed by atoms with Crippen LogP contribution in [0.15, 0.2) is 42.5 Å². The summed E-state index contributed by atoms with van der Waals surface area (Å²) in [6.45, 7) is -2.87. The molecular formula is C17H17F2N3O5. The van der Waals surface area contributed by atoms with Crippen LogP contribution in [0, 0.1) is 10.1 Å². The molecule has 0 fully saturated rings. The third-order valence-corrected chi connectivity index (χ3v) is 3.50. The van der Waals surface area contributed by atoms with Crippen LogP contribution >= 0.6 is 0 Å². The average molecular weight is 381 g/mol. The molecule has 2 aromatic rings. The van der Waals surface area contributed by atoms with E-state index in [0.717, 1.165) is 23.8 Å². The second-order valence-electron chi connectivity index (χ2n) is 5.30. The fourth-order valence-corrected chi connectivity index (χ4v) is 2.21. The van der Waals surface area contributed by atoms with E-state index in [4.69, 9.17) is 4.74 Å². The lowest BCUT2D eigenvalue weighted by Gasteiger charge is -2.12. The van der Waals surface area contributed by atoms with E-state index in [1.807, 2.05) is 12.1 Å². The Morgan fingerprint density at radius 1 is 1.22 bits per heavy atom. The van der Waals surface area contributed by atoms with Crippen molar-refractivity contribution in [1.82, 2.24) is 5.32 Å². The molecule has 0 aromatic heterocycles. The van der Waals surface area contributed by atoms with E-state index >= 15 is 0 Å². The number of hydrogen-bond donors (Lipinski definition) is 2. The monoisotopic (exact) mass is 381 g/mol. The summed E-state index contributed by atoms with van der Waals surface area (Å²) in [5.74, 6) is 0.336. The van der Waals surface area contributed by atoms with Gasteiger partial charge in [0.15, 0.2) is 0 Å². The number of amides is 2. The number of alkyl halides is 2. The van der Waals surface area contributed by atoms with Crippen molar-refractivity contribution in [2.24, 2.45) is 0 Å². The second-order valence-corrected chi connectivity index (χ2v) is 5.30. The van der Waals surface area contributed by atoms with Crippen LogP contribution in [0.5, 0.6) is 11.5 Å². The number of carbonyl (C=O) groups excluding carboxylic acids is 1. The standard InChI is InChI=1S/C17H17F2N3O5/c1-26-13-5-2-11(3-6-13)8-9-20-17(23)21-14-10-12(22(24)25)4-7-15(14)27-16(18)19/h2-7,10,16H,8-9H2,1H3,(H2,20,21,23). The first-order chi connectivity index (χ1) is 12.9. The van der Waals surface area contributed by atoms with Gasteiger partial charge in [-0.05, 0) is 30.2 Å². The summed E-state index contributed by atoms with van der Waals surface area (Å²) in [6, 6.07) is 9.49. The number of anilines is 1. The lowest BCUT2D eigenvalue weighted by atomic mass is 10.1. The molecule has 0 radical (unpaired) electrons. The summed E-state index contributed by atoms with van der Waals surface area (Å²) in [5, 5.41) is 15.7. The smallest absolute Gasteiger partial charge is 0.387 e. The number of benzene rings is 2. The largest absolute Gasteiger partial charge is 0.497 e. The number of nitro benzene ring substituents is 1. The maximum atomic E-state index is 12.4. The topological polar surface area (TPSA) is 103 Å². The molecule has 8 nitrogen and oxygen atoms in total. The Balaban J connectivity index is 1.96. The van der Waals surface area contributed by atoms with Crippen molar-refractivity contribution in [3.63, 3.8) is 0 Å². The number of nitrogens with zero attached hydrogens (tertiary/aromatic N) is 1. The van der Waals surface area contributed by atoms with Gasteiger partial charge in [-0.3, -0.25) is 10.1 Å². The van der Waals surface area contributed by atoms with Crippen LogP contribution in [0.3, 0.4) is 0 Å². The predicted octanol–water partition coefficient (Wildman–Crippen LogP) is 3.57. The van der Waals surface area contributed by atoms with E-state index in [-0.39, 0.29) is 23.7 Å². The van der Waals surface area contributed by atoms with Gasteiger partial charge >= 0.3 is 12.6 Å². The van der Waals surface area contributed by atoms with Gasteiger partial charge in [-0.2, -0.15) is 8.78 Å². The summed E-state index contributed by atoms with van der Waals surface area (Å²) in [4.78, 5) is 22.1. The van der Waals surface area contributed by atoms with E-state index in [2.05, 4.69) is 15.4 Å². The number of methoxy groups -OCH3 is 1. The minimum atomic E-state index is -3.13. The fourth-order valence-electron chi connectivity index (χ4n) is 2.21. The molecule has 0 saturated carbocycles. The molecule has 0 saturated heterocycles. The molecule has 2 aromatic carbocycles. The molecule has 0 aliphatic heterocycles. The summed E-state index contributed by atoms with van der Waals surface area (Å²) in [7, 11) is 1.56.